The van der Waals surface area contributed by atoms with Crippen LogP contribution in [0.3, 0.4) is 0 Å². The first-order valence-corrected chi connectivity index (χ1v) is 11.0. The molecule has 0 saturated carbocycles. The lowest BCUT2D eigenvalue weighted by Crippen LogP contribution is -2.46. The lowest BCUT2D eigenvalue weighted by atomic mass is 9.98. The normalized spacial score (nSPS) is 19.9. The molecule has 1 saturated heterocycles. The van der Waals surface area contributed by atoms with Crippen LogP contribution in [-0.4, -0.2) is 66.9 Å². The largest absolute Gasteiger partial charge is 0.481 e. The Labute approximate surface area is 192 Å². The summed E-state index contributed by atoms with van der Waals surface area (Å²) in [6, 6.07) is 15.2. The van der Waals surface area contributed by atoms with Crippen LogP contribution in [0.5, 0.6) is 0 Å². The van der Waals surface area contributed by atoms with Gasteiger partial charge in [-0.2, -0.15) is 0 Å². The molecule has 8 heteroatoms. The summed E-state index contributed by atoms with van der Waals surface area (Å²) in [4.78, 5) is 37.8. The van der Waals surface area contributed by atoms with E-state index in [-0.39, 0.29) is 38.1 Å². The Bertz CT molecular complexity index is 1010. The van der Waals surface area contributed by atoms with Gasteiger partial charge in [-0.15, -0.1) is 0 Å². The number of carbonyl (C=O) groups excluding carboxylic acids is 2. The summed E-state index contributed by atoms with van der Waals surface area (Å²) in [6.07, 6.45) is -0.559. The van der Waals surface area contributed by atoms with Crippen molar-refractivity contribution in [3.05, 3.63) is 59.7 Å². The number of likely N-dealkylation sites (N-methyl/N-ethyl adjacent to an activating group) is 1. The van der Waals surface area contributed by atoms with Crippen LogP contribution in [0.1, 0.15) is 30.4 Å². The molecule has 1 aliphatic carbocycles. The van der Waals surface area contributed by atoms with Crippen LogP contribution < -0.4 is 5.32 Å². The lowest BCUT2D eigenvalue weighted by Gasteiger charge is -2.27. The fourth-order valence-electron chi connectivity index (χ4n) is 4.64. The second-order valence-electron chi connectivity index (χ2n) is 8.63. The topological polar surface area (TPSA) is 105 Å². The van der Waals surface area contributed by atoms with E-state index in [1.807, 2.05) is 24.3 Å². The van der Waals surface area contributed by atoms with Crippen molar-refractivity contribution in [1.29, 1.82) is 0 Å². The zero-order chi connectivity index (χ0) is 23.5. The van der Waals surface area contributed by atoms with Gasteiger partial charge >= 0.3 is 12.1 Å². The Kier molecular flexibility index (Phi) is 6.65. The number of aliphatic carboxylic acids is 1. The smallest absolute Gasteiger partial charge is 0.407 e. The number of fused-ring (bicyclic) bond motifs is 3. The van der Waals surface area contributed by atoms with Crippen molar-refractivity contribution in [1.82, 2.24) is 10.2 Å². The van der Waals surface area contributed by atoms with Gasteiger partial charge in [-0.25, -0.2) is 4.79 Å². The number of alkyl carbamates (subject to hydrolysis) is 1. The van der Waals surface area contributed by atoms with E-state index in [9.17, 15) is 19.5 Å². The summed E-state index contributed by atoms with van der Waals surface area (Å²) in [5.41, 5.74) is 4.56. The maximum atomic E-state index is 12.6. The predicted molar refractivity (Wildman–Crippen MR) is 121 cm³/mol. The number of rotatable bonds is 7. The predicted octanol–water partition coefficient (Wildman–Crippen LogP) is 2.86. The van der Waals surface area contributed by atoms with Crippen molar-refractivity contribution in [2.45, 2.75) is 31.3 Å². The number of ether oxygens (including phenoxy) is 2. The minimum absolute atomic E-state index is 0.0313. The minimum atomic E-state index is -0.984. The van der Waals surface area contributed by atoms with Gasteiger partial charge in [0.2, 0.25) is 5.91 Å². The maximum absolute atomic E-state index is 12.6. The van der Waals surface area contributed by atoms with E-state index in [0.29, 0.717) is 0 Å². The number of hydrogen-bond donors (Lipinski definition) is 2. The van der Waals surface area contributed by atoms with Gasteiger partial charge in [-0.3, -0.25) is 9.59 Å². The summed E-state index contributed by atoms with van der Waals surface area (Å²) >= 11 is 0. The molecule has 0 spiro atoms. The summed E-state index contributed by atoms with van der Waals surface area (Å²) in [6.45, 7) is 2.19. The van der Waals surface area contributed by atoms with E-state index in [2.05, 4.69) is 29.6 Å². The molecule has 1 heterocycles. The van der Waals surface area contributed by atoms with Gasteiger partial charge in [0, 0.05) is 25.4 Å². The number of amides is 2. The number of carbonyl (C=O) groups is 3. The van der Waals surface area contributed by atoms with Gasteiger partial charge in [0.1, 0.15) is 12.5 Å². The van der Waals surface area contributed by atoms with Crippen LogP contribution >= 0.6 is 0 Å². The van der Waals surface area contributed by atoms with E-state index in [1.165, 1.54) is 4.90 Å². The third kappa shape index (κ3) is 4.71. The van der Waals surface area contributed by atoms with Gasteiger partial charge in [-0.1, -0.05) is 48.5 Å². The number of carboxylic acids is 1. The first-order valence-electron chi connectivity index (χ1n) is 11.0. The van der Waals surface area contributed by atoms with E-state index >= 15 is 0 Å². The molecule has 2 aromatic carbocycles. The Morgan fingerprint density at radius 3 is 2.30 bits per heavy atom. The molecule has 0 aromatic heterocycles. The average molecular weight is 453 g/mol. The van der Waals surface area contributed by atoms with Gasteiger partial charge < -0.3 is 24.8 Å². The quantitative estimate of drug-likeness (QED) is 0.669. The van der Waals surface area contributed by atoms with E-state index in [4.69, 9.17) is 9.47 Å². The molecule has 0 radical (unpaired) electrons. The molecule has 33 heavy (non-hydrogen) atoms. The van der Waals surface area contributed by atoms with Crippen LogP contribution in [0.4, 0.5) is 4.79 Å². The molecular weight excluding hydrogens is 424 g/mol. The standard InChI is InChI=1S/C25H28N2O6/c1-15(11-23(28)27(2)22-14-32-12-21(22)24(29)30)26-25(31)33-13-20-18-9-5-3-7-16(18)17-8-4-6-10-19(17)20/h3-10,15,20-22H,11-14H2,1-2H3,(H,26,31)(H,29,30). The molecule has 3 unspecified atom stereocenters. The molecule has 174 valence electrons. The highest BCUT2D eigenvalue weighted by atomic mass is 16.5. The van der Waals surface area contributed by atoms with E-state index < -0.39 is 30.1 Å². The zero-order valence-corrected chi connectivity index (χ0v) is 18.7. The Morgan fingerprint density at radius 2 is 1.70 bits per heavy atom. The SMILES string of the molecule is CC(CC(=O)N(C)C1COCC1C(=O)O)NC(=O)OCC1c2ccccc2-c2ccccc21. The van der Waals surface area contributed by atoms with Crippen molar-refractivity contribution < 1.29 is 29.0 Å². The average Bonchev–Trinajstić information content (AvgIpc) is 3.40. The van der Waals surface area contributed by atoms with Crippen LogP contribution in [0.15, 0.2) is 48.5 Å². The Hall–Kier alpha value is -3.39. The van der Waals surface area contributed by atoms with Crippen molar-refractivity contribution in [3.8, 4) is 11.1 Å². The fourth-order valence-corrected chi connectivity index (χ4v) is 4.64. The van der Waals surface area contributed by atoms with Gasteiger partial charge in [0.25, 0.3) is 0 Å². The second-order valence-corrected chi connectivity index (χ2v) is 8.63. The molecule has 2 aliphatic rings. The molecule has 2 aromatic rings. The van der Waals surface area contributed by atoms with Gasteiger partial charge in [-0.05, 0) is 29.2 Å². The second kappa shape index (κ2) is 9.62. The summed E-state index contributed by atoms with van der Waals surface area (Å²) in [5.74, 6) is -2.03. The molecule has 1 fully saturated rings. The van der Waals surface area contributed by atoms with Crippen molar-refractivity contribution >= 4 is 18.0 Å². The molecule has 2 amide bonds. The molecule has 1 aliphatic heterocycles. The molecule has 8 nitrogen and oxygen atoms in total. The number of carboxylic acid groups (broad SMARTS) is 1. The van der Waals surface area contributed by atoms with Crippen molar-refractivity contribution in [2.24, 2.45) is 5.92 Å². The lowest BCUT2D eigenvalue weighted by molar-refractivity contribution is -0.144. The highest BCUT2D eigenvalue weighted by Crippen LogP contribution is 2.44. The van der Waals surface area contributed by atoms with Crippen LogP contribution in [0, 0.1) is 5.92 Å². The highest BCUT2D eigenvalue weighted by molar-refractivity contribution is 5.80. The Balaban J connectivity index is 1.30. The van der Waals surface area contributed by atoms with Crippen molar-refractivity contribution in [2.75, 3.05) is 26.9 Å². The van der Waals surface area contributed by atoms with Crippen LogP contribution in [0.25, 0.3) is 11.1 Å². The summed E-state index contributed by atoms with van der Waals surface area (Å²) in [7, 11) is 1.57. The highest BCUT2D eigenvalue weighted by Gasteiger charge is 2.38. The molecular formula is C25H28N2O6. The van der Waals surface area contributed by atoms with Crippen LogP contribution in [-0.2, 0) is 19.1 Å². The number of benzene rings is 2. The Morgan fingerprint density at radius 1 is 1.09 bits per heavy atom. The molecule has 0 bridgehead atoms. The summed E-state index contributed by atoms with van der Waals surface area (Å²) in [5, 5.41) is 12.0. The van der Waals surface area contributed by atoms with Crippen LogP contribution in [0.2, 0.25) is 0 Å². The molecule has 4 rings (SSSR count). The van der Waals surface area contributed by atoms with Crippen molar-refractivity contribution in [3.63, 3.8) is 0 Å². The van der Waals surface area contributed by atoms with Gasteiger partial charge in [0.15, 0.2) is 0 Å². The third-order valence-corrected chi connectivity index (χ3v) is 6.45. The molecule has 3 atom stereocenters. The van der Waals surface area contributed by atoms with Gasteiger partial charge in [0.05, 0.1) is 19.3 Å². The first-order chi connectivity index (χ1) is 15.9. The van der Waals surface area contributed by atoms with E-state index in [0.717, 1.165) is 22.3 Å². The maximum Gasteiger partial charge on any atom is 0.407 e. The number of nitrogens with one attached hydrogen (secondary N) is 1. The monoisotopic (exact) mass is 452 g/mol. The third-order valence-electron chi connectivity index (χ3n) is 6.45. The summed E-state index contributed by atoms with van der Waals surface area (Å²) < 4.78 is 10.8. The minimum Gasteiger partial charge on any atom is -0.481 e. The van der Waals surface area contributed by atoms with E-state index in [1.54, 1.807) is 14.0 Å². The molecule has 2 N–H and O–H groups in total. The zero-order valence-electron chi connectivity index (χ0n) is 18.7. The number of nitrogens with zero attached hydrogens (tertiary/aromatic N) is 1. The fraction of sp³-hybridized carbons (Fsp3) is 0.400. The first kappa shape index (κ1) is 22.8. The number of hydrogen-bond acceptors (Lipinski definition) is 5.